The minimum Gasteiger partial charge on any atom is -0.416 e. The maximum absolute atomic E-state index is 13.0. The number of aliphatic hydroxyl groups is 2. The summed E-state index contributed by atoms with van der Waals surface area (Å²) >= 11 is 0. The van der Waals surface area contributed by atoms with E-state index < -0.39 is 32.3 Å². The van der Waals surface area contributed by atoms with Crippen molar-refractivity contribution in [2.75, 3.05) is 12.3 Å². The number of rotatable bonds is 5. The summed E-state index contributed by atoms with van der Waals surface area (Å²) in [6, 6.07) is 9.14. The topological polar surface area (TPSA) is 167 Å². The van der Waals surface area contributed by atoms with E-state index in [0.29, 0.717) is 16.9 Å². The molecule has 166 valence electrons. The molecule has 2 aromatic heterocycles. The molecule has 13 heteroatoms. The molecule has 0 bridgehead atoms. The minimum atomic E-state index is -3.89. The average molecular weight is 458 g/mol. The molecule has 2 aliphatic heterocycles. The molecule has 12 nitrogen and oxygen atoms in total. The van der Waals surface area contributed by atoms with Gasteiger partial charge in [-0.15, -0.1) is 0 Å². The Hall–Kier alpha value is -3.15. The first-order valence-electron chi connectivity index (χ1n) is 9.65. The number of aliphatic hydroxyl groups excluding tert-OH is 2. The van der Waals surface area contributed by atoms with E-state index in [-0.39, 0.29) is 12.4 Å². The van der Waals surface area contributed by atoms with Crippen LogP contribution >= 0.6 is 7.75 Å². The predicted octanol–water partition coefficient (Wildman–Crippen LogP) is 1.19. The van der Waals surface area contributed by atoms with Crippen molar-refractivity contribution in [3.63, 3.8) is 0 Å². The summed E-state index contributed by atoms with van der Waals surface area (Å²) in [5.41, 5.74) is 7.65. The van der Waals surface area contributed by atoms with E-state index >= 15 is 0 Å². The lowest BCUT2D eigenvalue weighted by Gasteiger charge is -2.20. The number of benzene rings is 1. The first-order valence-corrected chi connectivity index (χ1v) is 11.1. The molecule has 1 fully saturated rings. The van der Waals surface area contributed by atoms with E-state index in [2.05, 4.69) is 19.7 Å². The van der Waals surface area contributed by atoms with Crippen LogP contribution in [0.3, 0.4) is 0 Å². The lowest BCUT2D eigenvalue weighted by molar-refractivity contribution is -0.0485. The van der Waals surface area contributed by atoms with Crippen LogP contribution < -0.4 is 5.73 Å². The molecule has 4 N–H and O–H groups in total. The number of anilines is 1. The summed E-state index contributed by atoms with van der Waals surface area (Å²) in [5.74, 6) is 0.175. The first kappa shape index (κ1) is 20.7. The van der Waals surface area contributed by atoms with Gasteiger partial charge in [-0.05, 0) is 6.08 Å². The normalized spacial score (nSPS) is 29.8. The van der Waals surface area contributed by atoms with E-state index in [0.717, 1.165) is 5.56 Å². The molecule has 5 rings (SSSR count). The highest BCUT2D eigenvalue weighted by molar-refractivity contribution is 7.52. The fourth-order valence-corrected chi connectivity index (χ4v) is 4.67. The number of nitrogen functional groups attached to an aromatic ring is 1. The van der Waals surface area contributed by atoms with Gasteiger partial charge in [0.15, 0.2) is 17.7 Å². The second-order valence-electron chi connectivity index (χ2n) is 7.15. The van der Waals surface area contributed by atoms with Crippen molar-refractivity contribution >= 4 is 30.4 Å². The van der Waals surface area contributed by atoms with Gasteiger partial charge in [-0.2, -0.15) is 4.76 Å². The molecule has 0 saturated carbocycles. The van der Waals surface area contributed by atoms with Gasteiger partial charge in [0.25, 0.3) is 0 Å². The lowest BCUT2D eigenvalue weighted by atomic mass is 10.1. The van der Waals surface area contributed by atoms with E-state index in [1.807, 2.05) is 30.3 Å². The number of ether oxygens (including phenoxy) is 1. The summed E-state index contributed by atoms with van der Waals surface area (Å²) in [5, 5.41) is 21.0. The number of hydrogen-bond acceptors (Lipinski definition) is 10. The van der Waals surface area contributed by atoms with Crippen LogP contribution in [0.2, 0.25) is 0 Å². The quantitative estimate of drug-likeness (QED) is 0.472. The fraction of sp³-hybridized carbons (Fsp3) is 0.263. The molecule has 2 aliphatic rings. The third kappa shape index (κ3) is 3.68. The van der Waals surface area contributed by atoms with Gasteiger partial charge in [0, 0.05) is 5.56 Å². The number of nitrogens with two attached hydrogens (primary N) is 1. The average Bonchev–Trinajstić information content (AvgIpc) is 3.35. The third-order valence-electron chi connectivity index (χ3n) is 5.12. The number of nitrogens with zero attached hydrogens (tertiary/aromatic N) is 5. The standard InChI is InChI=1S/C19H19N6O6P/c20-17-14-18(22-9-21-17)25(10-23-14)19-16(27)15(26)13(31-19)8-30-32(28)24-12(6-7-29-32)11-4-2-1-3-5-11/h1-7,9-10,13,15-16,19,26-27H,8H2,(H2,20,21,22)/t13-,15-,16+,19-,32?/m1/s1. The van der Waals surface area contributed by atoms with Gasteiger partial charge in [-0.1, -0.05) is 30.3 Å². The van der Waals surface area contributed by atoms with Crippen LogP contribution in [0.1, 0.15) is 11.8 Å². The van der Waals surface area contributed by atoms with E-state index in [4.69, 9.17) is 19.5 Å². The van der Waals surface area contributed by atoms with Gasteiger partial charge >= 0.3 is 7.75 Å². The molecular formula is C19H19N6O6P. The molecule has 1 aromatic carbocycles. The van der Waals surface area contributed by atoms with E-state index in [1.165, 1.54) is 23.5 Å². The Morgan fingerprint density at radius 2 is 1.97 bits per heavy atom. The molecule has 4 heterocycles. The zero-order valence-electron chi connectivity index (χ0n) is 16.5. The van der Waals surface area contributed by atoms with Crippen molar-refractivity contribution in [1.82, 2.24) is 19.5 Å². The Morgan fingerprint density at radius 1 is 1.16 bits per heavy atom. The molecule has 1 saturated heterocycles. The van der Waals surface area contributed by atoms with Crippen molar-refractivity contribution in [3.05, 3.63) is 60.9 Å². The maximum Gasteiger partial charge on any atom is 0.507 e. The maximum atomic E-state index is 13.0. The lowest BCUT2D eigenvalue weighted by Crippen LogP contribution is -2.33. The van der Waals surface area contributed by atoms with Crippen LogP contribution in [-0.2, 0) is 18.3 Å². The predicted molar refractivity (Wildman–Crippen MR) is 112 cm³/mol. The molecule has 0 amide bonds. The molecule has 0 spiro atoms. The largest absolute Gasteiger partial charge is 0.507 e. The van der Waals surface area contributed by atoms with Crippen molar-refractivity contribution in [2.45, 2.75) is 24.5 Å². The van der Waals surface area contributed by atoms with Crippen LogP contribution in [0.15, 0.2) is 60.1 Å². The Balaban J connectivity index is 1.32. The Morgan fingerprint density at radius 3 is 2.78 bits per heavy atom. The molecule has 0 radical (unpaired) electrons. The third-order valence-corrected chi connectivity index (χ3v) is 6.44. The smallest absolute Gasteiger partial charge is 0.416 e. The van der Waals surface area contributed by atoms with Crippen LogP contribution in [0.25, 0.3) is 11.2 Å². The van der Waals surface area contributed by atoms with Crippen LogP contribution in [0.4, 0.5) is 5.82 Å². The molecule has 0 aliphatic carbocycles. The number of fused-ring (bicyclic) bond motifs is 1. The number of imidazole rings is 1. The Labute approximate surface area is 181 Å². The number of hydrogen-bond donors (Lipinski definition) is 3. The van der Waals surface area contributed by atoms with E-state index in [1.54, 1.807) is 6.08 Å². The summed E-state index contributed by atoms with van der Waals surface area (Å²) in [4.78, 5) is 12.1. The van der Waals surface area contributed by atoms with Gasteiger partial charge in [-0.3, -0.25) is 9.09 Å². The Bertz CT molecular complexity index is 1250. The minimum absolute atomic E-state index is 0.175. The highest BCUT2D eigenvalue weighted by Gasteiger charge is 2.45. The monoisotopic (exact) mass is 458 g/mol. The van der Waals surface area contributed by atoms with Crippen molar-refractivity contribution < 1.29 is 28.6 Å². The van der Waals surface area contributed by atoms with E-state index in [9.17, 15) is 14.8 Å². The molecule has 1 unspecified atom stereocenters. The Kier molecular flexibility index (Phi) is 5.24. The molecule has 5 atom stereocenters. The van der Waals surface area contributed by atoms with Gasteiger partial charge in [-0.25, -0.2) is 19.5 Å². The second-order valence-corrected chi connectivity index (χ2v) is 8.76. The fourth-order valence-electron chi connectivity index (χ4n) is 3.50. The summed E-state index contributed by atoms with van der Waals surface area (Å²) in [6.07, 6.45) is 0.782. The zero-order chi connectivity index (χ0) is 22.3. The molecule has 3 aromatic rings. The first-order chi connectivity index (χ1) is 15.5. The van der Waals surface area contributed by atoms with Crippen LogP contribution in [0.5, 0.6) is 0 Å². The second kappa shape index (κ2) is 8.08. The summed E-state index contributed by atoms with van der Waals surface area (Å²) in [6.45, 7) is -0.338. The molecular weight excluding hydrogens is 439 g/mol. The van der Waals surface area contributed by atoms with Crippen molar-refractivity contribution in [1.29, 1.82) is 0 Å². The highest BCUT2D eigenvalue weighted by Crippen LogP contribution is 2.53. The summed E-state index contributed by atoms with van der Waals surface area (Å²) < 4.78 is 34.8. The van der Waals surface area contributed by atoms with Crippen molar-refractivity contribution in [3.8, 4) is 0 Å². The SMILES string of the molecule is Nc1ncnc2c1ncn2[C@@H]1O[C@H](COP2(=O)N=C(c3ccccc3)C=CO2)[C@@H](O)[C@@H]1O. The van der Waals surface area contributed by atoms with Crippen molar-refractivity contribution in [2.24, 2.45) is 4.76 Å². The van der Waals surface area contributed by atoms with Gasteiger partial charge < -0.3 is 25.2 Å². The zero-order valence-corrected chi connectivity index (χ0v) is 17.4. The van der Waals surface area contributed by atoms with Crippen LogP contribution in [0, 0.1) is 0 Å². The summed E-state index contributed by atoms with van der Waals surface area (Å²) in [7, 11) is -3.89. The molecule has 32 heavy (non-hydrogen) atoms. The number of allylic oxidation sites excluding steroid dienone is 1. The highest BCUT2D eigenvalue weighted by atomic mass is 31.2. The van der Waals surface area contributed by atoms with Gasteiger partial charge in [0.05, 0.1) is 24.9 Å². The van der Waals surface area contributed by atoms with Gasteiger partial charge in [0.1, 0.15) is 30.2 Å². The van der Waals surface area contributed by atoms with Gasteiger partial charge in [0.2, 0.25) is 0 Å². The van der Waals surface area contributed by atoms with Crippen LogP contribution in [-0.4, -0.2) is 60.4 Å². The number of aromatic nitrogens is 4.